The summed E-state index contributed by atoms with van der Waals surface area (Å²) in [4.78, 5) is 30.3. The van der Waals surface area contributed by atoms with Gasteiger partial charge in [-0.25, -0.2) is 19.0 Å². The van der Waals surface area contributed by atoms with E-state index in [0.29, 0.717) is 18.5 Å². The molecule has 9 nitrogen and oxygen atoms in total. The number of benzene rings is 2. The number of ether oxygens (including phenoxy) is 2. The summed E-state index contributed by atoms with van der Waals surface area (Å²) in [6, 6.07) is 16.7. The number of aromatic nitrogens is 1. The molecule has 244 valence electrons. The van der Waals surface area contributed by atoms with Crippen LogP contribution in [0.5, 0.6) is 0 Å². The number of carbonyl (C=O) groups is 2. The molecule has 0 fully saturated rings. The van der Waals surface area contributed by atoms with Gasteiger partial charge in [0.1, 0.15) is 18.0 Å². The lowest BCUT2D eigenvalue weighted by Crippen LogP contribution is -2.52. The van der Waals surface area contributed by atoms with Crippen LogP contribution in [-0.2, 0) is 21.7 Å². The maximum Gasteiger partial charge on any atom is 0.424 e. The van der Waals surface area contributed by atoms with Crippen LogP contribution in [-0.4, -0.2) is 60.2 Å². The van der Waals surface area contributed by atoms with E-state index in [1.807, 2.05) is 30.4 Å². The number of pyridine rings is 1. The van der Waals surface area contributed by atoms with Crippen molar-refractivity contribution >= 4 is 17.9 Å². The second-order valence-corrected chi connectivity index (χ2v) is 11.3. The van der Waals surface area contributed by atoms with E-state index >= 15 is 0 Å². The smallest absolute Gasteiger partial charge is 0.424 e. The molecule has 13 heteroatoms. The van der Waals surface area contributed by atoms with E-state index in [1.54, 1.807) is 37.8 Å². The van der Waals surface area contributed by atoms with Gasteiger partial charge in [0.15, 0.2) is 0 Å². The summed E-state index contributed by atoms with van der Waals surface area (Å²) >= 11 is 0. The zero-order chi connectivity index (χ0) is 33.3. The monoisotopic (exact) mass is 634 g/mol. The number of aliphatic hydroxyl groups is 1. The molecule has 1 atom stereocenters. The number of alkyl halides is 3. The summed E-state index contributed by atoms with van der Waals surface area (Å²) in [5.74, 6) is -0.554. The van der Waals surface area contributed by atoms with Crippen LogP contribution in [0.1, 0.15) is 45.4 Å². The molecule has 0 radical (unpaired) electrons. The molecule has 1 heterocycles. The maximum absolute atomic E-state index is 14.5. The van der Waals surface area contributed by atoms with Gasteiger partial charge in [0.05, 0.1) is 17.9 Å². The Balaban J connectivity index is 1.92. The Morgan fingerprint density at radius 3 is 2.20 bits per heavy atom. The van der Waals surface area contributed by atoms with Gasteiger partial charge in [-0.2, -0.15) is 13.2 Å². The van der Waals surface area contributed by atoms with Crippen molar-refractivity contribution in [3.8, 4) is 11.3 Å². The molecule has 45 heavy (non-hydrogen) atoms. The molecule has 0 aliphatic heterocycles. The van der Waals surface area contributed by atoms with Crippen LogP contribution in [0.3, 0.4) is 0 Å². The summed E-state index contributed by atoms with van der Waals surface area (Å²) in [6.45, 7) is 5.90. The fourth-order valence-electron chi connectivity index (χ4n) is 4.24. The highest BCUT2D eigenvalue weighted by Crippen LogP contribution is 2.40. The van der Waals surface area contributed by atoms with Crippen LogP contribution in [0, 0.1) is 5.82 Å². The molecule has 2 aromatic carbocycles. The molecule has 3 N–H and O–H groups in total. The molecule has 0 bridgehead atoms. The second kappa shape index (κ2) is 15.1. The topological polar surface area (TPSA) is 113 Å². The summed E-state index contributed by atoms with van der Waals surface area (Å²) in [7, 11) is 0. The minimum Gasteiger partial charge on any atom is -0.445 e. The largest absolute Gasteiger partial charge is 0.445 e. The van der Waals surface area contributed by atoms with E-state index in [2.05, 4.69) is 10.3 Å². The first kappa shape index (κ1) is 35.1. The van der Waals surface area contributed by atoms with Crippen molar-refractivity contribution in [2.45, 2.75) is 58.1 Å². The van der Waals surface area contributed by atoms with Crippen molar-refractivity contribution in [1.82, 2.24) is 15.6 Å². The number of nitrogens with zero attached hydrogens (tertiary/aromatic N) is 2. The predicted octanol–water partition coefficient (Wildman–Crippen LogP) is 6.31. The van der Waals surface area contributed by atoms with Crippen molar-refractivity contribution < 1.29 is 41.7 Å². The Bertz CT molecular complexity index is 1420. The van der Waals surface area contributed by atoms with Crippen LogP contribution in [0.2, 0.25) is 0 Å². The van der Waals surface area contributed by atoms with Gasteiger partial charge in [0.2, 0.25) is 5.60 Å². The van der Waals surface area contributed by atoms with Gasteiger partial charge in [-0.05, 0) is 69.2 Å². The highest BCUT2D eigenvalue weighted by Gasteiger charge is 2.56. The molecule has 0 saturated heterocycles. The van der Waals surface area contributed by atoms with Crippen molar-refractivity contribution in [2.75, 3.05) is 31.1 Å². The number of hydrogen-bond donors (Lipinski definition) is 3. The molecule has 0 aliphatic rings. The first-order chi connectivity index (χ1) is 21.1. The molecule has 0 spiro atoms. The summed E-state index contributed by atoms with van der Waals surface area (Å²) in [5.41, 5.74) is -4.03. The molecule has 0 aliphatic carbocycles. The Labute approximate surface area is 259 Å². The average Bonchev–Trinajstić information content (AvgIpc) is 2.97. The zero-order valence-corrected chi connectivity index (χ0v) is 25.6. The highest BCUT2D eigenvalue weighted by atomic mass is 19.4. The number of anilines is 1. The van der Waals surface area contributed by atoms with Crippen LogP contribution in [0.15, 0.2) is 66.7 Å². The van der Waals surface area contributed by atoms with E-state index < -0.39 is 47.6 Å². The normalized spacial score (nSPS) is 13.0. The van der Waals surface area contributed by atoms with Crippen LogP contribution >= 0.6 is 0 Å². The van der Waals surface area contributed by atoms with Crippen LogP contribution in [0.25, 0.3) is 11.3 Å². The van der Waals surface area contributed by atoms with Gasteiger partial charge in [-0.3, -0.25) is 0 Å². The average molecular weight is 635 g/mol. The third kappa shape index (κ3) is 10.3. The molecule has 3 aromatic rings. The third-order valence-electron chi connectivity index (χ3n) is 6.45. The van der Waals surface area contributed by atoms with Gasteiger partial charge < -0.3 is 30.1 Å². The maximum atomic E-state index is 14.5. The zero-order valence-electron chi connectivity index (χ0n) is 25.6. The molecule has 2 amide bonds. The number of alkyl carbamates (subject to hydrolysis) is 2. The second-order valence-electron chi connectivity index (χ2n) is 11.3. The Morgan fingerprint density at radius 2 is 1.60 bits per heavy atom. The lowest BCUT2D eigenvalue weighted by atomic mass is 9.96. The van der Waals surface area contributed by atoms with Crippen molar-refractivity contribution in [1.29, 1.82) is 0 Å². The predicted molar refractivity (Wildman–Crippen MR) is 161 cm³/mol. The molecule has 1 unspecified atom stereocenters. The number of halogens is 4. The van der Waals surface area contributed by atoms with Crippen LogP contribution in [0.4, 0.5) is 32.8 Å². The first-order valence-corrected chi connectivity index (χ1v) is 14.4. The van der Waals surface area contributed by atoms with E-state index in [-0.39, 0.29) is 31.1 Å². The number of rotatable bonds is 12. The number of amides is 2. The Morgan fingerprint density at radius 1 is 0.933 bits per heavy atom. The van der Waals surface area contributed by atoms with Gasteiger partial charge in [-0.15, -0.1) is 0 Å². The minimum absolute atomic E-state index is 0.0266. The standard InChI is InChI=1S/C32H38F4N4O5/c1-5-16-40(17-15-37-28(41)44-20-22-9-7-6-8-10-22)25-18-26(23-11-13-24(33)14-12-23)39-27(19-25)31(43,32(34,35)36)21-38-29(42)45-30(2,3)4/h6-14,18-19,43H,5,15-17,20-21H2,1-4H3,(H,37,41)(H,38,42). The Hall–Kier alpha value is -4.39. The number of carbonyl (C=O) groups excluding carboxylic acids is 2. The first-order valence-electron chi connectivity index (χ1n) is 14.4. The molecular formula is C32H38F4N4O5. The van der Waals surface area contributed by atoms with Gasteiger partial charge in [0.25, 0.3) is 0 Å². The Kier molecular flexibility index (Phi) is 11.7. The minimum atomic E-state index is -5.27. The summed E-state index contributed by atoms with van der Waals surface area (Å²) in [6.07, 6.45) is -6.51. The van der Waals surface area contributed by atoms with Gasteiger partial charge in [-0.1, -0.05) is 37.3 Å². The molecule has 1 aromatic heterocycles. The van der Waals surface area contributed by atoms with E-state index in [4.69, 9.17) is 9.47 Å². The van der Waals surface area contributed by atoms with Crippen LogP contribution < -0.4 is 15.5 Å². The quantitative estimate of drug-likeness (QED) is 0.200. The van der Waals surface area contributed by atoms with Crippen molar-refractivity contribution in [2.24, 2.45) is 0 Å². The number of hydrogen-bond acceptors (Lipinski definition) is 7. The fourth-order valence-corrected chi connectivity index (χ4v) is 4.24. The number of nitrogens with one attached hydrogen (secondary N) is 2. The molecule has 0 saturated carbocycles. The fraction of sp³-hybridized carbons (Fsp3) is 0.406. The van der Waals surface area contributed by atoms with E-state index in [1.165, 1.54) is 18.2 Å². The SMILES string of the molecule is CCCN(CCNC(=O)OCc1ccccc1)c1cc(-c2ccc(F)cc2)nc(C(O)(CNC(=O)OC(C)(C)C)C(F)(F)F)c1. The van der Waals surface area contributed by atoms with Crippen molar-refractivity contribution in [3.63, 3.8) is 0 Å². The summed E-state index contributed by atoms with van der Waals surface area (Å²) < 4.78 is 67.5. The van der Waals surface area contributed by atoms with E-state index in [0.717, 1.165) is 23.8 Å². The highest BCUT2D eigenvalue weighted by molar-refractivity contribution is 5.69. The van der Waals surface area contributed by atoms with Crippen molar-refractivity contribution in [3.05, 3.63) is 83.8 Å². The summed E-state index contributed by atoms with van der Waals surface area (Å²) in [5, 5.41) is 15.7. The lowest BCUT2D eigenvalue weighted by Gasteiger charge is -2.32. The molecular weight excluding hydrogens is 596 g/mol. The molecule has 3 rings (SSSR count). The third-order valence-corrected chi connectivity index (χ3v) is 6.45. The van der Waals surface area contributed by atoms with E-state index in [9.17, 15) is 32.3 Å². The van der Waals surface area contributed by atoms with Gasteiger partial charge >= 0.3 is 18.4 Å². The lowest BCUT2D eigenvalue weighted by molar-refractivity contribution is -0.265. The van der Waals surface area contributed by atoms with Gasteiger partial charge in [0, 0.05) is 30.9 Å².